The summed E-state index contributed by atoms with van der Waals surface area (Å²) in [6.07, 6.45) is 7.00. The van der Waals surface area contributed by atoms with Crippen molar-refractivity contribution in [2.24, 2.45) is 29.1 Å². The Balaban J connectivity index is 2.77. The van der Waals surface area contributed by atoms with Crippen molar-refractivity contribution in [2.75, 3.05) is 6.54 Å². The van der Waals surface area contributed by atoms with Crippen molar-refractivity contribution in [3.05, 3.63) is 0 Å². The molecule has 3 unspecified atom stereocenters. The molecule has 0 aromatic heterocycles. The van der Waals surface area contributed by atoms with Gasteiger partial charge in [-0.3, -0.25) is 0 Å². The molecular weight excluding hydrogens is 254 g/mol. The SMILES string of the molecule is CCC(CC)C1CC(C(C)(C)C)CCC1CNC(C)(C)C. The van der Waals surface area contributed by atoms with E-state index in [0.717, 1.165) is 23.7 Å². The van der Waals surface area contributed by atoms with Gasteiger partial charge in [0.2, 0.25) is 0 Å². The van der Waals surface area contributed by atoms with Crippen LogP contribution in [0.3, 0.4) is 0 Å². The molecular formula is C20H41N. The quantitative estimate of drug-likeness (QED) is 0.667. The molecule has 1 saturated carbocycles. The highest BCUT2D eigenvalue weighted by Gasteiger charge is 2.38. The molecule has 0 aromatic carbocycles. The van der Waals surface area contributed by atoms with Crippen molar-refractivity contribution in [1.29, 1.82) is 0 Å². The molecule has 1 fully saturated rings. The van der Waals surface area contributed by atoms with Crippen LogP contribution in [0.15, 0.2) is 0 Å². The molecule has 0 saturated heterocycles. The van der Waals surface area contributed by atoms with E-state index in [1.54, 1.807) is 0 Å². The maximum absolute atomic E-state index is 3.78. The summed E-state index contributed by atoms with van der Waals surface area (Å²) in [6, 6.07) is 0. The van der Waals surface area contributed by atoms with Crippen LogP contribution >= 0.6 is 0 Å². The van der Waals surface area contributed by atoms with Gasteiger partial charge in [-0.1, -0.05) is 47.5 Å². The Bertz CT molecular complexity index is 290. The summed E-state index contributed by atoms with van der Waals surface area (Å²) >= 11 is 0. The van der Waals surface area contributed by atoms with E-state index in [1.807, 2.05) is 0 Å². The Labute approximate surface area is 134 Å². The third-order valence-electron chi connectivity index (χ3n) is 5.82. The highest BCUT2D eigenvalue weighted by atomic mass is 14.9. The molecule has 0 bridgehead atoms. The van der Waals surface area contributed by atoms with Crippen LogP contribution in [0.4, 0.5) is 0 Å². The molecule has 1 N–H and O–H groups in total. The van der Waals surface area contributed by atoms with Crippen molar-refractivity contribution < 1.29 is 0 Å². The molecule has 1 rings (SSSR count). The summed E-state index contributed by atoms with van der Waals surface area (Å²) in [5.41, 5.74) is 0.728. The van der Waals surface area contributed by atoms with Crippen molar-refractivity contribution in [3.8, 4) is 0 Å². The van der Waals surface area contributed by atoms with Crippen LogP contribution in [0.5, 0.6) is 0 Å². The molecule has 0 amide bonds. The second-order valence-corrected chi connectivity index (χ2v) is 9.51. The lowest BCUT2D eigenvalue weighted by atomic mass is 9.61. The maximum atomic E-state index is 3.78. The molecule has 0 aromatic rings. The van der Waals surface area contributed by atoms with Gasteiger partial charge in [0.15, 0.2) is 0 Å². The zero-order chi connectivity index (χ0) is 16.3. The van der Waals surface area contributed by atoms with E-state index in [1.165, 1.54) is 38.6 Å². The Kier molecular flexibility index (Phi) is 6.78. The number of hydrogen-bond donors (Lipinski definition) is 1. The van der Waals surface area contributed by atoms with Gasteiger partial charge in [-0.05, 0) is 75.7 Å². The lowest BCUT2D eigenvalue weighted by molar-refractivity contribution is 0.0577. The van der Waals surface area contributed by atoms with Gasteiger partial charge in [0.05, 0.1) is 0 Å². The second-order valence-electron chi connectivity index (χ2n) is 9.51. The van der Waals surface area contributed by atoms with Crippen LogP contribution in [0.2, 0.25) is 0 Å². The average Bonchev–Trinajstić information content (AvgIpc) is 2.36. The van der Waals surface area contributed by atoms with Crippen molar-refractivity contribution >= 4 is 0 Å². The molecule has 1 nitrogen and oxygen atoms in total. The van der Waals surface area contributed by atoms with E-state index >= 15 is 0 Å². The number of rotatable bonds is 5. The zero-order valence-electron chi connectivity index (χ0n) is 16.1. The molecule has 0 heterocycles. The first-order chi connectivity index (χ1) is 9.58. The summed E-state index contributed by atoms with van der Waals surface area (Å²) in [6.45, 7) is 20.2. The first-order valence-corrected chi connectivity index (χ1v) is 9.33. The van der Waals surface area contributed by atoms with E-state index < -0.39 is 0 Å². The summed E-state index contributed by atoms with van der Waals surface area (Å²) < 4.78 is 0. The molecule has 1 aliphatic rings. The van der Waals surface area contributed by atoms with Gasteiger partial charge in [-0.25, -0.2) is 0 Å². The standard InChI is InChI=1S/C20H41N/c1-9-15(10-2)18-13-17(19(3,4)5)12-11-16(18)14-21-20(6,7)8/h15-18,21H,9-14H2,1-8H3. The van der Waals surface area contributed by atoms with Crippen LogP contribution in [0.25, 0.3) is 0 Å². The van der Waals surface area contributed by atoms with Gasteiger partial charge < -0.3 is 5.32 Å². The van der Waals surface area contributed by atoms with Gasteiger partial charge >= 0.3 is 0 Å². The summed E-state index contributed by atoms with van der Waals surface area (Å²) in [5.74, 6) is 3.64. The zero-order valence-corrected chi connectivity index (χ0v) is 16.1. The second kappa shape index (κ2) is 7.49. The largest absolute Gasteiger partial charge is 0.312 e. The van der Waals surface area contributed by atoms with Gasteiger partial charge in [0.25, 0.3) is 0 Å². The molecule has 1 aliphatic carbocycles. The lowest BCUT2D eigenvalue weighted by Gasteiger charge is -2.45. The minimum absolute atomic E-state index is 0.249. The molecule has 21 heavy (non-hydrogen) atoms. The Hall–Kier alpha value is -0.0400. The summed E-state index contributed by atoms with van der Waals surface area (Å²) in [7, 11) is 0. The van der Waals surface area contributed by atoms with Crippen LogP contribution < -0.4 is 5.32 Å². The minimum Gasteiger partial charge on any atom is -0.312 e. The minimum atomic E-state index is 0.249. The van der Waals surface area contributed by atoms with Crippen LogP contribution in [-0.4, -0.2) is 12.1 Å². The van der Waals surface area contributed by atoms with E-state index in [4.69, 9.17) is 0 Å². The average molecular weight is 296 g/mol. The third-order valence-corrected chi connectivity index (χ3v) is 5.82. The first-order valence-electron chi connectivity index (χ1n) is 9.33. The molecule has 126 valence electrons. The van der Waals surface area contributed by atoms with Gasteiger partial charge in [-0.2, -0.15) is 0 Å². The highest BCUT2D eigenvalue weighted by molar-refractivity contribution is 4.89. The van der Waals surface area contributed by atoms with Crippen molar-refractivity contribution in [1.82, 2.24) is 5.32 Å². The fraction of sp³-hybridized carbons (Fsp3) is 1.00. The van der Waals surface area contributed by atoms with Gasteiger partial charge in [0.1, 0.15) is 0 Å². The summed E-state index contributed by atoms with van der Waals surface area (Å²) in [4.78, 5) is 0. The smallest absolute Gasteiger partial charge is 0.00966 e. The van der Waals surface area contributed by atoms with Gasteiger partial charge in [-0.15, -0.1) is 0 Å². The molecule has 1 heteroatoms. The topological polar surface area (TPSA) is 12.0 Å². The molecule has 0 radical (unpaired) electrons. The van der Waals surface area contributed by atoms with E-state index in [2.05, 4.69) is 60.7 Å². The van der Waals surface area contributed by atoms with Crippen LogP contribution in [-0.2, 0) is 0 Å². The third kappa shape index (κ3) is 5.93. The maximum Gasteiger partial charge on any atom is 0.00966 e. The van der Waals surface area contributed by atoms with Crippen molar-refractivity contribution in [3.63, 3.8) is 0 Å². The highest BCUT2D eigenvalue weighted by Crippen LogP contribution is 2.46. The molecule has 3 atom stereocenters. The Morgan fingerprint density at radius 1 is 0.952 bits per heavy atom. The molecule has 0 spiro atoms. The summed E-state index contributed by atoms with van der Waals surface area (Å²) in [5, 5.41) is 3.78. The molecule has 0 aliphatic heterocycles. The Morgan fingerprint density at radius 2 is 1.52 bits per heavy atom. The monoisotopic (exact) mass is 295 g/mol. The predicted octanol–water partition coefficient (Wildman–Crippen LogP) is 5.89. The number of hydrogen-bond acceptors (Lipinski definition) is 1. The first kappa shape index (κ1) is 19.0. The van der Waals surface area contributed by atoms with Crippen LogP contribution in [0, 0.1) is 29.1 Å². The van der Waals surface area contributed by atoms with Gasteiger partial charge in [0, 0.05) is 5.54 Å². The Morgan fingerprint density at radius 3 is 1.95 bits per heavy atom. The lowest BCUT2D eigenvalue weighted by Crippen LogP contribution is -2.44. The van der Waals surface area contributed by atoms with Crippen LogP contribution in [0.1, 0.15) is 87.5 Å². The normalized spacial score (nSPS) is 28.1. The van der Waals surface area contributed by atoms with E-state index in [9.17, 15) is 0 Å². The van der Waals surface area contributed by atoms with Crippen molar-refractivity contribution in [2.45, 2.75) is 93.0 Å². The fourth-order valence-corrected chi connectivity index (χ4v) is 4.22. The number of nitrogens with one attached hydrogen (secondary N) is 1. The predicted molar refractivity (Wildman–Crippen MR) is 95.6 cm³/mol. The van der Waals surface area contributed by atoms with E-state index in [-0.39, 0.29) is 5.54 Å². The van der Waals surface area contributed by atoms with E-state index in [0.29, 0.717) is 5.41 Å². The fourth-order valence-electron chi connectivity index (χ4n) is 4.22.